The maximum Gasteiger partial charge on any atom is 0.306 e. The first-order chi connectivity index (χ1) is 23.7. The zero-order chi connectivity index (χ0) is 36.2. The zero-order valence-electron chi connectivity index (χ0n) is 33.3. The largest absolute Gasteiger partial charge is 0.462 e. The minimum Gasteiger partial charge on any atom is -0.462 e. The van der Waals surface area contributed by atoms with E-state index in [4.69, 9.17) is 14.2 Å². The molecule has 0 radical (unpaired) electrons. The van der Waals surface area contributed by atoms with Crippen LogP contribution in [-0.4, -0.2) is 37.2 Å². The fourth-order valence-electron chi connectivity index (χ4n) is 6.22. The molecule has 49 heavy (non-hydrogen) atoms. The van der Waals surface area contributed by atoms with Crippen molar-refractivity contribution in [3.05, 3.63) is 0 Å². The molecule has 0 spiro atoms. The van der Waals surface area contributed by atoms with Crippen molar-refractivity contribution in [2.24, 2.45) is 11.8 Å². The van der Waals surface area contributed by atoms with Gasteiger partial charge in [0.25, 0.3) is 0 Å². The number of ether oxygens (including phenoxy) is 3. The number of unbranched alkanes of at least 4 members (excludes halogenated alkanes) is 22. The highest BCUT2D eigenvalue weighted by Gasteiger charge is 2.19. The Morgan fingerprint density at radius 2 is 0.673 bits per heavy atom. The van der Waals surface area contributed by atoms with E-state index in [0.717, 1.165) is 76.0 Å². The van der Waals surface area contributed by atoms with E-state index >= 15 is 0 Å². The lowest BCUT2D eigenvalue weighted by molar-refractivity contribution is -0.167. The molecule has 1 atom stereocenters. The highest BCUT2D eigenvalue weighted by Crippen LogP contribution is 2.16. The third kappa shape index (κ3) is 37.5. The summed E-state index contributed by atoms with van der Waals surface area (Å²) < 4.78 is 16.5. The van der Waals surface area contributed by atoms with Crippen LogP contribution >= 0.6 is 0 Å². The van der Waals surface area contributed by atoms with Crippen LogP contribution in [-0.2, 0) is 28.6 Å². The highest BCUT2D eigenvalue weighted by atomic mass is 16.6. The fourth-order valence-corrected chi connectivity index (χ4v) is 6.22. The molecular formula is C43H82O6. The van der Waals surface area contributed by atoms with E-state index in [0.29, 0.717) is 19.3 Å². The Balaban J connectivity index is 4.11. The van der Waals surface area contributed by atoms with Gasteiger partial charge in [-0.15, -0.1) is 0 Å². The van der Waals surface area contributed by atoms with E-state index in [9.17, 15) is 14.4 Å². The molecule has 6 nitrogen and oxygen atoms in total. The lowest BCUT2D eigenvalue weighted by atomic mass is 10.0. The van der Waals surface area contributed by atoms with Gasteiger partial charge < -0.3 is 14.2 Å². The van der Waals surface area contributed by atoms with Crippen molar-refractivity contribution >= 4 is 17.9 Å². The third-order valence-corrected chi connectivity index (χ3v) is 9.47. The van der Waals surface area contributed by atoms with Crippen LogP contribution in [0.1, 0.15) is 227 Å². The number of hydrogen-bond donors (Lipinski definition) is 0. The van der Waals surface area contributed by atoms with Crippen molar-refractivity contribution in [3.63, 3.8) is 0 Å². The Morgan fingerprint density at radius 3 is 1.00 bits per heavy atom. The third-order valence-electron chi connectivity index (χ3n) is 9.47. The molecule has 6 heteroatoms. The fraction of sp³-hybridized carbons (Fsp3) is 0.930. The topological polar surface area (TPSA) is 78.9 Å². The number of rotatable bonds is 37. The molecular weight excluding hydrogens is 612 g/mol. The molecule has 0 aliphatic heterocycles. The maximum absolute atomic E-state index is 12.5. The van der Waals surface area contributed by atoms with E-state index in [1.165, 1.54) is 109 Å². The molecule has 0 saturated carbocycles. The lowest BCUT2D eigenvalue weighted by Crippen LogP contribution is -2.30. The van der Waals surface area contributed by atoms with Crippen molar-refractivity contribution in [1.29, 1.82) is 0 Å². The molecule has 290 valence electrons. The predicted octanol–water partition coefficient (Wildman–Crippen LogP) is 13.0. The summed E-state index contributed by atoms with van der Waals surface area (Å²) in [7, 11) is 0. The van der Waals surface area contributed by atoms with Gasteiger partial charge in [0.2, 0.25) is 0 Å². The first kappa shape index (κ1) is 47.4. The van der Waals surface area contributed by atoms with Crippen molar-refractivity contribution in [2.75, 3.05) is 13.2 Å². The van der Waals surface area contributed by atoms with Crippen LogP contribution in [0.4, 0.5) is 0 Å². The van der Waals surface area contributed by atoms with Gasteiger partial charge in [-0.25, -0.2) is 0 Å². The number of carbonyl (C=O) groups is 3. The molecule has 0 unspecified atom stereocenters. The van der Waals surface area contributed by atoms with E-state index in [2.05, 4.69) is 34.6 Å². The van der Waals surface area contributed by atoms with Gasteiger partial charge in [-0.1, -0.05) is 189 Å². The Kier molecular flexibility index (Phi) is 35.0. The van der Waals surface area contributed by atoms with Crippen LogP contribution < -0.4 is 0 Å². The van der Waals surface area contributed by atoms with Crippen molar-refractivity contribution in [1.82, 2.24) is 0 Å². The van der Waals surface area contributed by atoms with Gasteiger partial charge in [0.15, 0.2) is 6.10 Å². The van der Waals surface area contributed by atoms with Gasteiger partial charge >= 0.3 is 17.9 Å². The van der Waals surface area contributed by atoms with Gasteiger partial charge in [0.1, 0.15) is 13.2 Å². The summed E-state index contributed by atoms with van der Waals surface area (Å²) in [6.07, 6.45) is 32.8. The highest BCUT2D eigenvalue weighted by molar-refractivity contribution is 5.71. The van der Waals surface area contributed by atoms with Crippen molar-refractivity contribution in [3.8, 4) is 0 Å². The molecule has 0 aromatic carbocycles. The zero-order valence-corrected chi connectivity index (χ0v) is 33.3. The molecule has 0 aliphatic rings. The molecule has 0 bridgehead atoms. The second-order valence-corrected chi connectivity index (χ2v) is 15.6. The van der Waals surface area contributed by atoms with Gasteiger partial charge in [-0.2, -0.15) is 0 Å². The molecule has 0 saturated heterocycles. The van der Waals surface area contributed by atoms with Crippen molar-refractivity contribution in [2.45, 2.75) is 233 Å². The monoisotopic (exact) mass is 695 g/mol. The van der Waals surface area contributed by atoms with Crippen LogP contribution in [0.15, 0.2) is 0 Å². The Hall–Kier alpha value is -1.59. The van der Waals surface area contributed by atoms with Gasteiger partial charge in [0.05, 0.1) is 0 Å². The first-order valence-electron chi connectivity index (χ1n) is 21.2. The average molecular weight is 695 g/mol. The van der Waals surface area contributed by atoms with Gasteiger partial charge in [-0.05, 0) is 31.1 Å². The summed E-state index contributed by atoms with van der Waals surface area (Å²) in [6, 6.07) is 0. The quantitative estimate of drug-likeness (QED) is 0.0366. The van der Waals surface area contributed by atoms with Crippen LogP contribution in [0, 0.1) is 11.8 Å². The summed E-state index contributed by atoms with van der Waals surface area (Å²) in [6.45, 7) is 11.2. The SMILES string of the molecule is CCCCCCCC(=O)O[C@H](COC(=O)CCCCCCCCCCCCCCCCC(C)C)COC(=O)CCCCCCCCC(C)C. The maximum atomic E-state index is 12.5. The summed E-state index contributed by atoms with van der Waals surface area (Å²) in [4.78, 5) is 37.3. The van der Waals surface area contributed by atoms with E-state index in [1.807, 2.05) is 0 Å². The molecule has 0 amide bonds. The minimum absolute atomic E-state index is 0.0673. The number of hydrogen-bond acceptors (Lipinski definition) is 6. The van der Waals surface area contributed by atoms with Crippen molar-refractivity contribution < 1.29 is 28.6 Å². The standard InChI is InChI=1S/C43H82O6/c1-6-7-8-21-30-35-43(46)49-40(37-48-42(45)34-29-25-20-19-23-27-32-39(4)5)36-47-41(44)33-28-24-18-16-14-12-10-9-11-13-15-17-22-26-31-38(2)3/h38-40H,6-37H2,1-5H3/t40-/m1/s1. The van der Waals surface area contributed by atoms with E-state index < -0.39 is 6.10 Å². The summed E-state index contributed by atoms with van der Waals surface area (Å²) in [5, 5.41) is 0. The Labute approximate surface area is 304 Å². The summed E-state index contributed by atoms with van der Waals surface area (Å²) >= 11 is 0. The van der Waals surface area contributed by atoms with Gasteiger partial charge in [-0.3, -0.25) is 14.4 Å². The van der Waals surface area contributed by atoms with Crippen LogP contribution in [0.25, 0.3) is 0 Å². The lowest BCUT2D eigenvalue weighted by Gasteiger charge is -2.18. The van der Waals surface area contributed by atoms with Crippen LogP contribution in [0.3, 0.4) is 0 Å². The molecule has 0 heterocycles. The molecule has 0 aromatic rings. The van der Waals surface area contributed by atoms with E-state index in [-0.39, 0.29) is 31.1 Å². The summed E-state index contributed by atoms with van der Waals surface area (Å²) in [5.74, 6) is 0.728. The Bertz CT molecular complexity index is 749. The number of esters is 3. The molecule has 0 aromatic heterocycles. The predicted molar refractivity (Wildman–Crippen MR) is 206 cm³/mol. The smallest absolute Gasteiger partial charge is 0.306 e. The Morgan fingerprint density at radius 1 is 0.388 bits per heavy atom. The first-order valence-corrected chi connectivity index (χ1v) is 21.2. The summed E-state index contributed by atoms with van der Waals surface area (Å²) in [5.41, 5.74) is 0. The number of carbonyl (C=O) groups excluding carboxylic acids is 3. The van der Waals surface area contributed by atoms with E-state index in [1.54, 1.807) is 0 Å². The van der Waals surface area contributed by atoms with Gasteiger partial charge in [0, 0.05) is 19.3 Å². The second kappa shape index (κ2) is 36.2. The molecule has 0 aliphatic carbocycles. The second-order valence-electron chi connectivity index (χ2n) is 15.6. The molecule has 0 N–H and O–H groups in total. The normalized spacial score (nSPS) is 12.1. The molecule has 0 rings (SSSR count). The minimum atomic E-state index is -0.758. The average Bonchev–Trinajstić information content (AvgIpc) is 3.06. The molecule has 0 fully saturated rings. The van der Waals surface area contributed by atoms with Crippen LogP contribution in [0.5, 0.6) is 0 Å². The van der Waals surface area contributed by atoms with Crippen LogP contribution in [0.2, 0.25) is 0 Å².